The van der Waals surface area contributed by atoms with E-state index >= 15 is 0 Å². The third kappa shape index (κ3) is 4.25. The number of rotatable bonds is 6. The van der Waals surface area contributed by atoms with Crippen molar-refractivity contribution in [1.82, 2.24) is 10.3 Å². The summed E-state index contributed by atoms with van der Waals surface area (Å²) >= 11 is 3.42. The quantitative estimate of drug-likeness (QED) is 0.856. The van der Waals surface area contributed by atoms with Crippen molar-refractivity contribution >= 4 is 15.9 Å². The lowest BCUT2D eigenvalue weighted by Crippen LogP contribution is -2.23. The van der Waals surface area contributed by atoms with Crippen molar-refractivity contribution in [2.75, 3.05) is 13.7 Å². The first-order valence-corrected chi connectivity index (χ1v) is 7.59. The average molecular weight is 353 g/mol. The second-order valence-corrected chi connectivity index (χ2v) is 5.64. The van der Waals surface area contributed by atoms with E-state index in [9.17, 15) is 4.39 Å². The predicted octanol–water partition coefficient (Wildman–Crippen LogP) is 3.89. The van der Waals surface area contributed by atoms with Crippen molar-refractivity contribution in [2.24, 2.45) is 0 Å². The van der Waals surface area contributed by atoms with Crippen molar-refractivity contribution in [3.8, 4) is 5.75 Å². The monoisotopic (exact) mass is 352 g/mol. The molecule has 0 spiro atoms. The van der Waals surface area contributed by atoms with Gasteiger partial charge in [-0.3, -0.25) is 4.98 Å². The minimum Gasteiger partial charge on any atom is -0.494 e. The van der Waals surface area contributed by atoms with E-state index in [0.29, 0.717) is 0 Å². The number of hydrogen-bond acceptors (Lipinski definition) is 3. The van der Waals surface area contributed by atoms with Crippen LogP contribution in [0.5, 0.6) is 5.75 Å². The molecule has 0 amide bonds. The molecule has 1 unspecified atom stereocenters. The number of halogens is 2. The van der Waals surface area contributed by atoms with Gasteiger partial charge in [0, 0.05) is 22.9 Å². The molecule has 0 aliphatic carbocycles. The zero-order chi connectivity index (χ0) is 15.2. The van der Waals surface area contributed by atoms with E-state index in [4.69, 9.17) is 4.74 Å². The maximum Gasteiger partial charge on any atom is 0.165 e. The summed E-state index contributed by atoms with van der Waals surface area (Å²) in [5.74, 6) is -0.0802. The Labute approximate surface area is 132 Å². The largest absolute Gasteiger partial charge is 0.494 e. The average Bonchev–Trinajstić information content (AvgIpc) is 2.47. The van der Waals surface area contributed by atoms with Crippen molar-refractivity contribution in [1.29, 1.82) is 0 Å². The van der Waals surface area contributed by atoms with Crippen LogP contribution in [0.15, 0.2) is 41.1 Å². The van der Waals surface area contributed by atoms with E-state index in [1.807, 2.05) is 25.3 Å². The SMILES string of the molecule is CCNC(Cc1cncc(Br)c1)c1ccc(OC)c(F)c1. The Morgan fingerprint density at radius 3 is 2.76 bits per heavy atom. The third-order valence-corrected chi connectivity index (χ3v) is 3.66. The van der Waals surface area contributed by atoms with Crippen LogP contribution in [0.1, 0.15) is 24.1 Å². The maximum atomic E-state index is 13.9. The predicted molar refractivity (Wildman–Crippen MR) is 85.0 cm³/mol. The second-order valence-electron chi connectivity index (χ2n) is 4.72. The topological polar surface area (TPSA) is 34.2 Å². The van der Waals surface area contributed by atoms with Gasteiger partial charge in [-0.25, -0.2) is 4.39 Å². The van der Waals surface area contributed by atoms with Gasteiger partial charge in [0.2, 0.25) is 0 Å². The molecule has 0 aliphatic heterocycles. The smallest absolute Gasteiger partial charge is 0.165 e. The normalized spacial score (nSPS) is 12.2. The van der Waals surface area contributed by atoms with Crippen LogP contribution in [0.3, 0.4) is 0 Å². The number of hydrogen-bond donors (Lipinski definition) is 1. The number of pyridine rings is 1. The van der Waals surface area contributed by atoms with Crippen LogP contribution in [0, 0.1) is 5.82 Å². The van der Waals surface area contributed by atoms with Crippen LogP contribution in [-0.4, -0.2) is 18.6 Å². The van der Waals surface area contributed by atoms with Gasteiger partial charge in [-0.1, -0.05) is 13.0 Å². The van der Waals surface area contributed by atoms with Gasteiger partial charge in [-0.2, -0.15) is 0 Å². The summed E-state index contributed by atoms with van der Waals surface area (Å²) in [4.78, 5) is 4.17. The molecule has 2 aromatic rings. The van der Waals surface area contributed by atoms with E-state index in [0.717, 1.165) is 28.6 Å². The molecule has 1 aromatic heterocycles. The van der Waals surface area contributed by atoms with Crippen LogP contribution >= 0.6 is 15.9 Å². The first kappa shape index (κ1) is 15.9. The number of ether oxygens (including phenoxy) is 1. The molecule has 2 rings (SSSR count). The van der Waals surface area contributed by atoms with Crippen molar-refractivity contribution in [3.05, 3.63) is 58.1 Å². The fourth-order valence-electron chi connectivity index (χ4n) is 2.26. The summed E-state index contributed by atoms with van der Waals surface area (Å²) in [5.41, 5.74) is 1.99. The molecule has 21 heavy (non-hydrogen) atoms. The van der Waals surface area contributed by atoms with E-state index < -0.39 is 0 Å². The zero-order valence-corrected chi connectivity index (χ0v) is 13.7. The number of nitrogens with one attached hydrogen (secondary N) is 1. The van der Waals surface area contributed by atoms with E-state index in [2.05, 4.69) is 26.2 Å². The van der Waals surface area contributed by atoms with Crippen molar-refractivity contribution in [3.63, 3.8) is 0 Å². The third-order valence-electron chi connectivity index (χ3n) is 3.23. The molecule has 0 bridgehead atoms. The number of aromatic nitrogens is 1. The molecular formula is C16H18BrFN2O. The molecule has 0 fully saturated rings. The molecule has 0 radical (unpaired) electrons. The molecule has 1 heterocycles. The molecule has 112 valence electrons. The Bertz CT molecular complexity index is 607. The van der Waals surface area contributed by atoms with Crippen LogP contribution in [-0.2, 0) is 6.42 Å². The molecule has 1 N–H and O–H groups in total. The summed E-state index contributed by atoms with van der Waals surface area (Å²) in [7, 11) is 1.47. The lowest BCUT2D eigenvalue weighted by molar-refractivity contribution is 0.385. The van der Waals surface area contributed by atoms with Gasteiger partial charge in [0.15, 0.2) is 11.6 Å². The van der Waals surface area contributed by atoms with Gasteiger partial charge in [0.05, 0.1) is 7.11 Å². The molecule has 3 nitrogen and oxygen atoms in total. The van der Waals surface area contributed by atoms with Gasteiger partial charge in [-0.05, 0) is 58.2 Å². The van der Waals surface area contributed by atoms with E-state index in [1.165, 1.54) is 13.2 Å². The summed E-state index contributed by atoms with van der Waals surface area (Å²) < 4.78 is 19.8. The van der Waals surface area contributed by atoms with Crippen LogP contribution in [0.4, 0.5) is 4.39 Å². The highest BCUT2D eigenvalue weighted by atomic mass is 79.9. The molecule has 0 saturated carbocycles. The summed E-state index contributed by atoms with van der Waals surface area (Å²) in [5, 5.41) is 3.38. The summed E-state index contributed by atoms with van der Waals surface area (Å²) in [6.45, 7) is 2.84. The lowest BCUT2D eigenvalue weighted by atomic mass is 9.99. The van der Waals surface area contributed by atoms with Gasteiger partial charge < -0.3 is 10.1 Å². The highest BCUT2D eigenvalue weighted by Gasteiger charge is 2.14. The van der Waals surface area contributed by atoms with Gasteiger partial charge in [0.1, 0.15) is 0 Å². The Morgan fingerprint density at radius 1 is 1.33 bits per heavy atom. The fourth-order valence-corrected chi connectivity index (χ4v) is 2.67. The molecule has 0 aliphatic rings. The summed E-state index contributed by atoms with van der Waals surface area (Å²) in [6, 6.07) is 7.13. The zero-order valence-electron chi connectivity index (χ0n) is 12.1. The van der Waals surface area contributed by atoms with Gasteiger partial charge in [-0.15, -0.1) is 0 Å². The molecule has 1 aromatic carbocycles. The standard InChI is InChI=1S/C16H18BrFN2O/c1-3-20-15(7-11-6-13(17)10-19-9-11)12-4-5-16(21-2)14(18)8-12/h4-6,8-10,15,20H,3,7H2,1-2H3. The first-order valence-electron chi connectivity index (χ1n) is 6.80. The minimum atomic E-state index is -0.342. The van der Waals surface area contributed by atoms with Gasteiger partial charge >= 0.3 is 0 Å². The number of nitrogens with zero attached hydrogens (tertiary/aromatic N) is 1. The number of likely N-dealkylation sites (N-methyl/N-ethyl adjacent to an activating group) is 1. The maximum absolute atomic E-state index is 13.9. The van der Waals surface area contributed by atoms with Crippen LogP contribution in [0.2, 0.25) is 0 Å². The Morgan fingerprint density at radius 2 is 2.14 bits per heavy atom. The van der Waals surface area contributed by atoms with Crippen molar-refractivity contribution in [2.45, 2.75) is 19.4 Å². The number of methoxy groups -OCH3 is 1. The molecule has 1 atom stereocenters. The molecule has 0 saturated heterocycles. The Hall–Kier alpha value is -1.46. The van der Waals surface area contributed by atoms with Gasteiger partial charge in [0.25, 0.3) is 0 Å². The Balaban J connectivity index is 2.24. The van der Waals surface area contributed by atoms with Crippen LogP contribution in [0.25, 0.3) is 0 Å². The Kier molecular flexibility index (Phi) is 5.70. The summed E-state index contributed by atoms with van der Waals surface area (Å²) in [6.07, 6.45) is 4.32. The number of benzene rings is 1. The molecular weight excluding hydrogens is 335 g/mol. The van der Waals surface area contributed by atoms with E-state index in [1.54, 1.807) is 12.3 Å². The first-order chi connectivity index (χ1) is 10.1. The second kappa shape index (κ2) is 7.52. The fraction of sp³-hybridized carbons (Fsp3) is 0.312. The highest BCUT2D eigenvalue weighted by Crippen LogP contribution is 2.24. The molecule has 5 heteroatoms. The highest BCUT2D eigenvalue weighted by molar-refractivity contribution is 9.10. The van der Waals surface area contributed by atoms with Crippen molar-refractivity contribution < 1.29 is 9.13 Å². The lowest BCUT2D eigenvalue weighted by Gasteiger charge is -2.19. The minimum absolute atomic E-state index is 0.0338. The van der Waals surface area contributed by atoms with E-state index in [-0.39, 0.29) is 17.6 Å². The van der Waals surface area contributed by atoms with Crippen LogP contribution < -0.4 is 10.1 Å².